The zero-order chi connectivity index (χ0) is 13.9. The minimum absolute atomic E-state index is 0.198. The number of nitrogens with one attached hydrogen (secondary N) is 1. The maximum Gasteiger partial charge on any atom is 0.148 e. The Morgan fingerprint density at radius 1 is 1.25 bits per heavy atom. The van der Waals surface area contributed by atoms with Crippen molar-refractivity contribution in [1.82, 2.24) is 9.97 Å². The van der Waals surface area contributed by atoms with Gasteiger partial charge in [-0.05, 0) is 30.3 Å². The fourth-order valence-electron chi connectivity index (χ4n) is 1.97. The van der Waals surface area contributed by atoms with E-state index in [-0.39, 0.29) is 6.61 Å². The van der Waals surface area contributed by atoms with Gasteiger partial charge in [0.1, 0.15) is 18.2 Å². The lowest BCUT2D eigenvalue weighted by Gasteiger charge is -2.05. The fourth-order valence-corrected chi connectivity index (χ4v) is 2.21. The molecule has 0 aliphatic heterocycles. The lowest BCUT2D eigenvalue weighted by molar-refractivity contribution is 0.370. The van der Waals surface area contributed by atoms with E-state index in [1.54, 1.807) is 6.07 Å². The molecule has 0 saturated carbocycles. The van der Waals surface area contributed by atoms with E-state index in [1.165, 1.54) is 0 Å². The molecular weight excluding hydrogens is 272 g/mol. The normalized spacial score (nSPS) is 10.4. The zero-order valence-corrected chi connectivity index (χ0v) is 11.3. The molecule has 1 aromatic heterocycles. The first kappa shape index (κ1) is 12.6. The Morgan fingerprint density at radius 2 is 2.10 bits per heavy atom. The number of benzene rings is 2. The highest BCUT2D eigenvalue weighted by Crippen LogP contribution is 2.30. The number of H-pyrrole nitrogens is 1. The van der Waals surface area contributed by atoms with E-state index >= 15 is 0 Å². The van der Waals surface area contributed by atoms with Crippen LogP contribution in [0, 0.1) is 12.3 Å². The summed E-state index contributed by atoms with van der Waals surface area (Å²) in [6.45, 7) is 0.198. The van der Waals surface area contributed by atoms with Crippen LogP contribution in [-0.2, 0) is 0 Å². The molecule has 0 fully saturated rings. The topological polar surface area (TPSA) is 37.9 Å². The number of aromatic amines is 1. The first-order valence-corrected chi connectivity index (χ1v) is 6.46. The standard InChI is InChI=1S/C16H11ClN2O/c1-2-9-20-15-8-7-11(10-12(15)17)16-18-13-5-3-4-6-14(13)19-16/h1,3-8,10H,9H2,(H,18,19). The summed E-state index contributed by atoms with van der Waals surface area (Å²) in [5.74, 6) is 3.76. The van der Waals surface area contributed by atoms with Crippen LogP contribution in [-0.4, -0.2) is 16.6 Å². The molecule has 0 saturated heterocycles. The Kier molecular flexibility index (Phi) is 3.32. The van der Waals surface area contributed by atoms with Crippen molar-refractivity contribution in [2.24, 2.45) is 0 Å². The predicted octanol–water partition coefficient (Wildman–Crippen LogP) is 3.90. The molecule has 0 radical (unpaired) electrons. The molecule has 3 rings (SSSR count). The predicted molar refractivity (Wildman–Crippen MR) is 80.9 cm³/mol. The molecule has 0 unspecified atom stereocenters. The third kappa shape index (κ3) is 2.34. The average Bonchev–Trinajstić information content (AvgIpc) is 2.90. The fraction of sp³-hybridized carbons (Fsp3) is 0.0625. The third-order valence-corrected chi connectivity index (χ3v) is 3.20. The number of imidazole rings is 1. The molecule has 0 atom stereocenters. The Hall–Kier alpha value is -2.44. The van der Waals surface area contributed by atoms with E-state index in [0.29, 0.717) is 10.8 Å². The Labute approximate surface area is 121 Å². The summed E-state index contributed by atoms with van der Waals surface area (Å²) >= 11 is 6.18. The zero-order valence-electron chi connectivity index (χ0n) is 10.6. The Balaban J connectivity index is 1.98. The second-order valence-corrected chi connectivity index (χ2v) is 4.65. The van der Waals surface area contributed by atoms with Crippen LogP contribution < -0.4 is 4.74 Å². The number of fused-ring (bicyclic) bond motifs is 1. The number of hydrogen-bond donors (Lipinski definition) is 1. The van der Waals surface area contributed by atoms with E-state index < -0.39 is 0 Å². The van der Waals surface area contributed by atoms with E-state index in [0.717, 1.165) is 22.4 Å². The van der Waals surface area contributed by atoms with Gasteiger partial charge in [0.25, 0.3) is 0 Å². The van der Waals surface area contributed by atoms with Gasteiger partial charge in [-0.25, -0.2) is 4.98 Å². The quantitative estimate of drug-likeness (QED) is 0.740. The van der Waals surface area contributed by atoms with Crippen molar-refractivity contribution in [2.75, 3.05) is 6.61 Å². The van der Waals surface area contributed by atoms with Crippen LogP contribution in [0.4, 0.5) is 0 Å². The smallest absolute Gasteiger partial charge is 0.148 e. The molecule has 20 heavy (non-hydrogen) atoms. The highest BCUT2D eigenvalue weighted by atomic mass is 35.5. The van der Waals surface area contributed by atoms with Gasteiger partial charge in [0, 0.05) is 5.56 Å². The summed E-state index contributed by atoms with van der Waals surface area (Å²) in [7, 11) is 0. The number of ether oxygens (including phenoxy) is 1. The molecule has 4 heteroatoms. The van der Waals surface area contributed by atoms with Crippen LogP contribution in [0.1, 0.15) is 0 Å². The van der Waals surface area contributed by atoms with Gasteiger partial charge in [-0.15, -0.1) is 6.42 Å². The molecule has 3 nitrogen and oxygen atoms in total. The van der Waals surface area contributed by atoms with Crippen molar-refractivity contribution in [1.29, 1.82) is 0 Å². The van der Waals surface area contributed by atoms with Crippen molar-refractivity contribution in [3.05, 3.63) is 47.5 Å². The number of terminal acetylenes is 1. The van der Waals surface area contributed by atoms with Gasteiger partial charge in [-0.3, -0.25) is 0 Å². The Morgan fingerprint density at radius 3 is 2.85 bits per heavy atom. The minimum atomic E-state index is 0.198. The number of para-hydroxylation sites is 2. The van der Waals surface area contributed by atoms with E-state index in [9.17, 15) is 0 Å². The van der Waals surface area contributed by atoms with Crippen molar-refractivity contribution in [3.63, 3.8) is 0 Å². The number of aromatic nitrogens is 2. The third-order valence-electron chi connectivity index (χ3n) is 2.91. The van der Waals surface area contributed by atoms with Crippen LogP contribution in [0.5, 0.6) is 5.75 Å². The molecule has 2 aromatic carbocycles. The highest BCUT2D eigenvalue weighted by Gasteiger charge is 2.08. The summed E-state index contributed by atoms with van der Waals surface area (Å²) < 4.78 is 5.34. The molecule has 3 aromatic rings. The van der Waals surface area contributed by atoms with Gasteiger partial charge < -0.3 is 9.72 Å². The molecule has 0 amide bonds. The van der Waals surface area contributed by atoms with Gasteiger partial charge in [0.15, 0.2) is 0 Å². The number of hydrogen-bond acceptors (Lipinski definition) is 2. The molecule has 98 valence electrons. The second-order valence-electron chi connectivity index (χ2n) is 4.24. The lowest BCUT2D eigenvalue weighted by atomic mass is 10.2. The van der Waals surface area contributed by atoms with Crippen molar-refractivity contribution >= 4 is 22.6 Å². The van der Waals surface area contributed by atoms with Gasteiger partial charge in [0.05, 0.1) is 16.1 Å². The van der Waals surface area contributed by atoms with Crippen molar-refractivity contribution in [2.45, 2.75) is 0 Å². The summed E-state index contributed by atoms with van der Waals surface area (Å²) in [5.41, 5.74) is 2.82. The largest absolute Gasteiger partial charge is 0.479 e. The molecule has 0 aliphatic carbocycles. The molecule has 0 aliphatic rings. The van der Waals surface area contributed by atoms with Crippen LogP contribution in [0.3, 0.4) is 0 Å². The summed E-state index contributed by atoms with van der Waals surface area (Å²) in [4.78, 5) is 7.79. The van der Waals surface area contributed by atoms with Crippen LogP contribution in [0.2, 0.25) is 5.02 Å². The van der Waals surface area contributed by atoms with Crippen LogP contribution in [0.25, 0.3) is 22.4 Å². The maximum atomic E-state index is 6.18. The molecule has 1 heterocycles. The summed E-state index contributed by atoms with van der Waals surface area (Å²) in [5, 5.41) is 0.512. The molecule has 0 bridgehead atoms. The highest BCUT2D eigenvalue weighted by molar-refractivity contribution is 6.32. The van der Waals surface area contributed by atoms with Gasteiger partial charge in [-0.1, -0.05) is 29.7 Å². The Bertz CT molecular complexity index is 769. The van der Waals surface area contributed by atoms with E-state index in [4.69, 9.17) is 22.8 Å². The van der Waals surface area contributed by atoms with E-state index in [2.05, 4.69) is 15.9 Å². The monoisotopic (exact) mass is 282 g/mol. The molecule has 0 spiro atoms. The van der Waals surface area contributed by atoms with Gasteiger partial charge in [-0.2, -0.15) is 0 Å². The minimum Gasteiger partial charge on any atom is -0.479 e. The van der Waals surface area contributed by atoms with Gasteiger partial charge >= 0.3 is 0 Å². The average molecular weight is 283 g/mol. The number of nitrogens with zero attached hydrogens (tertiary/aromatic N) is 1. The molecular formula is C16H11ClN2O. The first-order valence-electron chi connectivity index (χ1n) is 6.09. The van der Waals surface area contributed by atoms with Crippen molar-refractivity contribution in [3.8, 4) is 29.5 Å². The maximum absolute atomic E-state index is 6.18. The van der Waals surface area contributed by atoms with Crippen LogP contribution in [0.15, 0.2) is 42.5 Å². The number of rotatable bonds is 3. The van der Waals surface area contributed by atoms with Crippen molar-refractivity contribution < 1.29 is 4.74 Å². The first-order chi connectivity index (χ1) is 9.78. The summed E-state index contributed by atoms with van der Waals surface area (Å²) in [6.07, 6.45) is 5.16. The number of halogens is 1. The SMILES string of the molecule is C#CCOc1ccc(-c2nc3ccccc3[nH]2)cc1Cl. The van der Waals surface area contributed by atoms with Crippen LogP contribution >= 0.6 is 11.6 Å². The molecule has 1 N–H and O–H groups in total. The lowest BCUT2D eigenvalue weighted by Crippen LogP contribution is -1.94. The van der Waals surface area contributed by atoms with Gasteiger partial charge in [0.2, 0.25) is 0 Å². The second kappa shape index (κ2) is 5.28. The van der Waals surface area contributed by atoms with E-state index in [1.807, 2.05) is 36.4 Å². The summed E-state index contributed by atoms with van der Waals surface area (Å²) in [6, 6.07) is 13.4.